The maximum atomic E-state index is 12.0. The molecular weight excluding hydrogens is 169 g/mol. The highest BCUT2D eigenvalue weighted by molar-refractivity contribution is 5.26. The van der Waals surface area contributed by atoms with E-state index in [0.29, 0.717) is 0 Å². The van der Waals surface area contributed by atoms with E-state index in [0.717, 1.165) is 11.6 Å². The van der Waals surface area contributed by atoms with Gasteiger partial charge >= 0.3 is 6.18 Å². The second kappa shape index (κ2) is 3.18. The zero-order valence-electron chi connectivity index (χ0n) is 6.28. The van der Waals surface area contributed by atoms with E-state index in [1.807, 2.05) is 0 Å². The number of rotatable bonds is 1. The van der Waals surface area contributed by atoms with Crippen LogP contribution in [0.4, 0.5) is 13.2 Å². The summed E-state index contributed by atoms with van der Waals surface area (Å²) in [6.07, 6.45) is -1.87. The highest BCUT2D eigenvalue weighted by Gasteiger charge is 2.34. The van der Waals surface area contributed by atoms with Gasteiger partial charge in [0, 0.05) is 13.1 Å². The maximum absolute atomic E-state index is 12.0. The molecular formula is C7H9F3N2. The van der Waals surface area contributed by atoms with E-state index in [1.54, 1.807) is 0 Å². The first-order valence-corrected chi connectivity index (χ1v) is 3.45. The van der Waals surface area contributed by atoms with Gasteiger partial charge in [-0.25, -0.2) is 0 Å². The molecule has 0 spiro atoms. The molecule has 3 N–H and O–H groups in total. The lowest BCUT2D eigenvalue weighted by molar-refractivity contribution is -0.0966. The third kappa shape index (κ3) is 2.01. The summed E-state index contributed by atoms with van der Waals surface area (Å²) in [7, 11) is 0. The lowest BCUT2D eigenvalue weighted by atomic mass is 10.1. The number of alkyl halides is 3. The Labute approximate surface area is 67.9 Å². The lowest BCUT2D eigenvalue weighted by Gasteiger charge is -2.18. The number of dihydropyridines is 1. The molecule has 1 aliphatic heterocycles. The van der Waals surface area contributed by atoms with Crippen molar-refractivity contribution in [1.82, 2.24) is 5.32 Å². The molecule has 0 atom stereocenters. The molecule has 2 nitrogen and oxygen atoms in total. The molecule has 0 aromatic rings. The predicted molar refractivity (Wildman–Crippen MR) is 39.3 cm³/mol. The summed E-state index contributed by atoms with van der Waals surface area (Å²) in [5.41, 5.74) is 5.30. The van der Waals surface area contributed by atoms with E-state index in [1.165, 1.54) is 6.08 Å². The molecule has 0 aromatic carbocycles. The maximum Gasteiger partial charge on any atom is 0.430 e. The van der Waals surface area contributed by atoms with Gasteiger partial charge in [-0.2, -0.15) is 13.2 Å². The van der Waals surface area contributed by atoms with Crippen molar-refractivity contribution < 1.29 is 13.2 Å². The molecule has 5 heteroatoms. The van der Waals surface area contributed by atoms with Gasteiger partial charge in [-0.3, -0.25) is 0 Å². The third-order valence-electron chi connectivity index (χ3n) is 1.56. The second-order valence-electron chi connectivity index (χ2n) is 2.46. The number of halogens is 3. The normalized spacial score (nSPS) is 18.0. The number of allylic oxidation sites excluding steroid dienone is 3. The fourth-order valence-electron chi connectivity index (χ4n) is 0.863. The van der Waals surface area contributed by atoms with Crippen molar-refractivity contribution in [3.05, 3.63) is 23.4 Å². The topological polar surface area (TPSA) is 38.0 Å². The quantitative estimate of drug-likeness (QED) is 0.626. The van der Waals surface area contributed by atoms with Crippen molar-refractivity contribution in [2.24, 2.45) is 5.73 Å². The summed E-state index contributed by atoms with van der Waals surface area (Å²) in [5.74, 6) is 0. The van der Waals surface area contributed by atoms with E-state index in [-0.39, 0.29) is 13.1 Å². The molecule has 0 bridgehead atoms. The van der Waals surface area contributed by atoms with Crippen LogP contribution in [-0.2, 0) is 0 Å². The molecule has 0 aromatic heterocycles. The minimum atomic E-state index is -4.28. The minimum absolute atomic E-state index is 0.182. The van der Waals surface area contributed by atoms with Crippen molar-refractivity contribution >= 4 is 0 Å². The number of nitrogens with two attached hydrogens (primary N) is 1. The molecule has 0 fully saturated rings. The van der Waals surface area contributed by atoms with Crippen molar-refractivity contribution in [3.63, 3.8) is 0 Å². The molecule has 12 heavy (non-hydrogen) atoms. The van der Waals surface area contributed by atoms with Crippen LogP contribution in [0.3, 0.4) is 0 Å². The summed E-state index contributed by atoms with van der Waals surface area (Å²) in [6, 6.07) is 0. The molecule has 68 valence electrons. The Balaban J connectivity index is 2.73. The van der Waals surface area contributed by atoms with Crippen molar-refractivity contribution in [3.8, 4) is 0 Å². The Kier molecular flexibility index (Phi) is 2.42. The molecule has 0 saturated heterocycles. The molecule has 1 aliphatic rings. The summed E-state index contributed by atoms with van der Waals surface area (Å²) in [5, 5.41) is 2.25. The van der Waals surface area contributed by atoms with Crippen LogP contribution in [0.25, 0.3) is 0 Å². The Morgan fingerprint density at radius 1 is 1.42 bits per heavy atom. The SMILES string of the molecule is NCC1=CC=C(C(F)(F)F)NC1. The minimum Gasteiger partial charge on any atom is -0.377 e. The van der Waals surface area contributed by atoms with E-state index < -0.39 is 11.9 Å². The first kappa shape index (κ1) is 9.12. The van der Waals surface area contributed by atoms with Gasteiger partial charge < -0.3 is 11.1 Å². The van der Waals surface area contributed by atoms with Gasteiger partial charge in [0.05, 0.1) is 0 Å². The zero-order valence-corrected chi connectivity index (χ0v) is 6.28. The van der Waals surface area contributed by atoms with Crippen LogP contribution < -0.4 is 11.1 Å². The highest BCUT2D eigenvalue weighted by atomic mass is 19.4. The third-order valence-corrected chi connectivity index (χ3v) is 1.56. The van der Waals surface area contributed by atoms with Crippen molar-refractivity contribution in [1.29, 1.82) is 0 Å². The van der Waals surface area contributed by atoms with Crippen LogP contribution in [0.15, 0.2) is 23.4 Å². The van der Waals surface area contributed by atoms with Gasteiger partial charge in [-0.1, -0.05) is 6.08 Å². The Morgan fingerprint density at radius 2 is 2.08 bits per heavy atom. The molecule has 0 aliphatic carbocycles. The molecule has 1 rings (SSSR count). The lowest BCUT2D eigenvalue weighted by Crippen LogP contribution is -2.31. The van der Waals surface area contributed by atoms with E-state index in [4.69, 9.17) is 5.73 Å². The Morgan fingerprint density at radius 3 is 2.42 bits per heavy atom. The van der Waals surface area contributed by atoms with Crippen LogP contribution >= 0.6 is 0 Å². The zero-order chi connectivity index (χ0) is 9.19. The first-order valence-electron chi connectivity index (χ1n) is 3.45. The van der Waals surface area contributed by atoms with E-state index in [2.05, 4.69) is 5.32 Å². The van der Waals surface area contributed by atoms with Crippen LogP contribution in [-0.4, -0.2) is 19.3 Å². The van der Waals surface area contributed by atoms with Gasteiger partial charge in [0.1, 0.15) is 5.70 Å². The van der Waals surface area contributed by atoms with Gasteiger partial charge in [-0.05, 0) is 11.6 Å². The Bertz CT molecular complexity index is 227. The summed E-state index contributed by atoms with van der Waals surface area (Å²) in [4.78, 5) is 0. The summed E-state index contributed by atoms with van der Waals surface area (Å²) >= 11 is 0. The average molecular weight is 178 g/mol. The first-order chi connectivity index (χ1) is 5.54. The van der Waals surface area contributed by atoms with Gasteiger partial charge in [0.15, 0.2) is 0 Å². The van der Waals surface area contributed by atoms with Gasteiger partial charge in [-0.15, -0.1) is 0 Å². The van der Waals surface area contributed by atoms with E-state index in [9.17, 15) is 13.2 Å². The second-order valence-corrected chi connectivity index (χ2v) is 2.46. The largest absolute Gasteiger partial charge is 0.430 e. The monoisotopic (exact) mass is 178 g/mol. The predicted octanol–water partition coefficient (Wildman–Crippen LogP) is 0.921. The fourth-order valence-corrected chi connectivity index (χ4v) is 0.863. The Hall–Kier alpha value is -0.970. The smallest absolute Gasteiger partial charge is 0.377 e. The van der Waals surface area contributed by atoms with Crippen LogP contribution in [0.1, 0.15) is 0 Å². The standard InChI is InChI=1S/C7H9F3N2/c8-7(9,10)6-2-1-5(3-11)4-12-6/h1-2,12H,3-4,11H2. The summed E-state index contributed by atoms with van der Waals surface area (Å²) < 4.78 is 35.9. The summed E-state index contributed by atoms with van der Waals surface area (Å²) in [6.45, 7) is 0.469. The van der Waals surface area contributed by atoms with Crippen molar-refractivity contribution in [2.45, 2.75) is 6.18 Å². The van der Waals surface area contributed by atoms with Crippen LogP contribution in [0.5, 0.6) is 0 Å². The highest BCUT2D eigenvalue weighted by Crippen LogP contribution is 2.24. The molecule has 0 saturated carbocycles. The number of hydrogen-bond donors (Lipinski definition) is 2. The van der Waals surface area contributed by atoms with Crippen LogP contribution in [0.2, 0.25) is 0 Å². The molecule has 1 heterocycles. The van der Waals surface area contributed by atoms with Gasteiger partial charge in [0.25, 0.3) is 0 Å². The number of nitrogens with one attached hydrogen (secondary N) is 1. The molecule has 0 unspecified atom stereocenters. The van der Waals surface area contributed by atoms with E-state index >= 15 is 0 Å². The van der Waals surface area contributed by atoms with Gasteiger partial charge in [0.2, 0.25) is 0 Å². The van der Waals surface area contributed by atoms with Crippen molar-refractivity contribution in [2.75, 3.05) is 13.1 Å². The fraction of sp³-hybridized carbons (Fsp3) is 0.429. The average Bonchev–Trinajstić information content (AvgIpc) is 2.03. The molecule has 0 amide bonds. The molecule has 0 radical (unpaired) electrons. The number of hydrogen-bond acceptors (Lipinski definition) is 2. The van der Waals surface area contributed by atoms with Crippen LogP contribution in [0, 0.1) is 0 Å².